The maximum atomic E-state index is 12.5. The summed E-state index contributed by atoms with van der Waals surface area (Å²) in [5.74, 6) is 1.00. The molecule has 5 unspecified atom stereocenters. The predicted molar refractivity (Wildman–Crippen MR) is 85.3 cm³/mol. The van der Waals surface area contributed by atoms with Crippen LogP contribution in [0.4, 0.5) is 0 Å². The van der Waals surface area contributed by atoms with Crippen molar-refractivity contribution in [2.75, 3.05) is 0 Å². The molecular formula is C16H20Cl2N2O. The van der Waals surface area contributed by atoms with Crippen molar-refractivity contribution in [2.45, 2.75) is 38.3 Å². The lowest BCUT2D eigenvalue weighted by Gasteiger charge is -2.28. The van der Waals surface area contributed by atoms with Gasteiger partial charge in [-0.25, -0.2) is 0 Å². The van der Waals surface area contributed by atoms with Gasteiger partial charge in [0, 0.05) is 16.1 Å². The Morgan fingerprint density at radius 2 is 2.05 bits per heavy atom. The number of benzene rings is 1. The number of hydrogen-bond acceptors (Lipinski definition) is 2. The molecule has 3 nitrogen and oxygen atoms in total. The second-order valence-electron chi connectivity index (χ2n) is 6.33. The second kappa shape index (κ2) is 5.79. The third kappa shape index (κ3) is 2.79. The molecule has 2 aliphatic rings. The largest absolute Gasteiger partial charge is 0.349 e. The SMILES string of the molecule is CC(NC(=O)C1C2CCC(C2)C1N)c1ccc(Cl)cc1Cl. The fourth-order valence-electron chi connectivity index (χ4n) is 3.96. The van der Waals surface area contributed by atoms with Crippen molar-refractivity contribution in [2.24, 2.45) is 23.5 Å². The van der Waals surface area contributed by atoms with E-state index in [9.17, 15) is 4.79 Å². The van der Waals surface area contributed by atoms with Crippen molar-refractivity contribution >= 4 is 29.1 Å². The van der Waals surface area contributed by atoms with E-state index in [1.807, 2.05) is 13.0 Å². The molecule has 5 atom stereocenters. The third-order valence-electron chi connectivity index (χ3n) is 5.07. The maximum Gasteiger partial charge on any atom is 0.225 e. The summed E-state index contributed by atoms with van der Waals surface area (Å²) in [6, 6.07) is 5.21. The average molecular weight is 327 g/mol. The molecule has 3 rings (SSSR count). The number of rotatable bonds is 3. The van der Waals surface area contributed by atoms with E-state index in [1.54, 1.807) is 12.1 Å². The molecule has 0 radical (unpaired) electrons. The van der Waals surface area contributed by atoms with Gasteiger partial charge in [-0.3, -0.25) is 4.79 Å². The van der Waals surface area contributed by atoms with Crippen LogP contribution < -0.4 is 11.1 Å². The predicted octanol–water partition coefficient (Wildman–Crippen LogP) is 3.54. The Morgan fingerprint density at radius 3 is 2.67 bits per heavy atom. The van der Waals surface area contributed by atoms with E-state index in [0.29, 0.717) is 21.9 Å². The zero-order chi connectivity index (χ0) is 15.1. The third-order valence-corrected chi connectivity index (χ3v) is 5.63. The number of nitrogens with two attached hydrogens (primary N) is 1. The summed E-state index contributed by atoms with van der Waals surface area (Å²) in [5, 5.41) is 4.24. The number of amides is 1. The minimum absolute atomic E-state index is 0.0108. The van der Waals surface area contributed by atoms with Crippen molar-refractivity contribution in [1.82, 2.24) is 5.32 Å². The molecular weight excluding hydrogens is 307 g/mol. The second-order valence-corrected chi connectivity index (χ2v) is 7.18. The minimum atomic E-state index is -0.145. The lowest BCUT2D eigenvalue weighted by atomic mass is 9.84. The molecule has 0 aliphatic heterocycles. The molecule has 2 aliphatic carbocycles. The smallest absolute Gasteiger partial charge is 0.225 e. The van der Waals surface area contributed by atoms with Gasteiger partial charge in [0.25, 0.3) is 0 Å². The van der Waals surface area contributed by atoms with Gasteiger partial charge in [0.2, 0.25) is 5.91 Å². The van der Waals surface area contributed by atoms with Crippen LogP contribution in [0.1, 0.15) is 37.8 Å². The fourth-order valence-corrected chi connectivity index (χ4v) is 4.54. The molecule has 2 bridgehead atoms. The number of carbonyl (C=O) groups excluding carboxylic acids is 1. The Kier molecular flexibility index (Phi) is 4.17. The Bertz CT molecular complexity index is 561. The number of halogens is 2. The molecule has 1 amide bonds. The quantitative estimate of drug-likeness (QED) is 0.892. The normalized spacial score (nSPS) is 32.2. The van der Waals surface area contributed by atoms with E-state index in [-0.39, 0.29) is 23.9 Å². The fraction of sp³-hybridized carbons (Fsp3) is 0.562. The van der Waals surface area contributed by atoms with Gasteiger partial charge in [-0.2, -0.15) is 0 Å². The molecule has 5 heteroatoms. The molecule has 1 aromatic carbocycles. The molecule has 1 aromatic rings. The summed E-state index contributed by atoms with van der Waals surface area (Å²) in [5.41, 5.74) is 7.11. The lowest BCUT2D eigenvalue weighted by Crippen LogP contribution is -2.45. The van der Waals surface area contributed by atoms with Crippen molar-refractivity contribution in [3.05, 3.63) is 33.8 Å². The van der Waals surface area contributed by atoms with E-state index in [4.69, 9.17) is 28.9 Å². The monoisotopic (exact) mass is 326 g/mol. The van der Waals surface area contributed by atoms with E-state index in [0.717, 1.165) is 18.4 Å². The Hall–Kier alpha value is -0.770. The number of hydrogen-bond donors (Lipinski definition) is 2. The first-order chi connectivity index (χ1) is 9.97. The molecule has 3 N–H and O–H groups in total. The summed E-state index contributed by atoms with van der Waals surface area (Å²) in [4.78, 5) is 12.5. The highest BCUT2D eigenvalue weighted by Crippen LogP contribution is 2.47. The van der Waals surface area contributed by atoms with Crippen LogP contribution in [0.3, 0.4) is 0 Å². The first-order valence-corrected chi connectivity index (χ1v) is 8.24. The van der Waals surface area contributed by atoms with Crippen molar-refractivity contribution in [3.8, 4) is 0 Å². The van der Waals surface area contributed by atoms with Crippen molar-refractivity contribution in [1.29, 1.82) is 0 Å². The van der Waals surface area contributed by atoms with Crippen LogP contribution in [0.15, 0.2) is 18.2 Å². The summed E-state index contributed by atoms with van der Waals surface area (Å²) in [6.45, 7) is 1.94. The molecule has 0 aromatic heterocycles. The molecule has 0 heterocycles. The van der Waals surface area contributed by atoms with Gasteiger partial charge in [-0.05, 0) is 55.7 Å². The first-order valence-electron chi connectivity index (χ1n) is 7.48. The number of carbonyl (C=O) groups is 1. The van der Waals surface area contributed by atoms with Gasteiger partial charge in [-0.1, -0.05) is 29.3 Å². The number of nitrogens with one attached hydrogen (secondary N) is 1. The maximum absolute atomic E-state index is 12.5. The highest BCUT2D eigenvalue weighted by molar-refractivity contribution is 6.35. The van der Waals surface area contributed by atoms with E-state index >= 15 is 0 Å². The molecule has 2 fully saturated rings. The Balaban J connectivity index is 1.70. The highest BCUT2D eigenvalue weighted by Gasteiger charge is 2.49. The van der Waals surface area contributed by atoms with E-state index in [1.165, 1.54) is 6.42 Å². The molecule has 0 saturated heterocycles. The van der Waals surface area contributed by atoms with E-state index < -0.39 is 0 Å². The molecule has 114 valence electrons. The van der Waals surface area contributed by atoms with Crippen LogP contribution in [-0.4, -0.2) is 11.9 Å². The zero-order valence-corrected chi connectivity index (χ0v) is 13.5. The summed E-state index contributed by atoms with van der Waals surface area (Å²) in [7, 11) is 0. The van der Waals surface area contributed by atoms with Crippen LogP contribution >= 0.6 is 23.2 Å². The van der Waals surface area contributed by atoms with Crippen molar-refractivity contribution < 1.29 is 4.79 Å². The lowest BCUT2D eigenvalue weighted by molar-refractivity contribution is -0.127. The summed E-state index contributed by atoms with van der Waals surface area (Å²) in [6.07, 6.45) is 3.41. The molecule has 2 saturated carbocycles. The minimum Gasteiger partial charge on any atom is -0.349 e. The van der Waals surface area contributed by atoms with E-state index in [2.05, 4.69) is 5.32 Å². The van der Waals surface area contributed by atoms with Crippen LogP contribution in [0.5, 0.6) is 0 Å². The van der Waals surface area contributed by atoms with Gasteiger partial charge in [0.15, 0.2) is 0 Å². The first kappa shape index (κ1) is 15.1. The highest BCUT2D eigenvalue weighted by atomic mass is 35.5. The Morgan fingerprint density at radius 1 is 1.33 bits per heavy atom. The van der Waals surface area contributed by atoms with Crippen LogP contribution in [0.25, 0.3) is 0 Å². The molecule has 0 spiro atoms. The van der Waals surface area contributed by atoms with Crippen LogP contribution in [0, 0.1) is 17.8 Å². The standard InChI is InChI=1S/C16H20Cl2N2O/c1-8(12-5-4-11(17)7-13(12)18)20-16(21)14-9-2-3-10(6-9)15(14)19/h4-5,7-10,14-15H,2-3,6,19H2,1H3,(H,20,21). The summed E-state index contributed by atoms with van der Waals surface area (Å²) >= 11 is 12.1. The van der Waals surface area contributed by atoms with Gasteiger partial charge in [0.05, 0.1) is 12.0 Å². The van der Waals surface area contributed by atoms with Gasteiger partial charge < -0.3 is 11.1 Å². The summed E-state index contributed by atoms with van der Waals surface area (Å²) < 4.78 is 0. The van der Waals surface area contributed by atoms with Gasteiger partial charge in [-0.15, -0.1) is 0 Å². The van der Waals surface area contributed by atoms with Gasteiger partial charge in [0.1, 0.15) is 0 Å². The van der Waals surface area contributed by atoms with Crippen LogP contribution in [-0.2, 0) is 4.79 Å². The average Bonchev–Trinajstić information content (AvgIpc) is 2.98. The Labute approximate surface area is 135 Å². The van der Waals surface area contributed by atoms with Crippen molar-refractivity contribution in [3.63, 3.8) is 0 Å². The number of fused-ring (bicyclic) bond motifs is 2. The zero-order valence-electron chi connectivity index (χ0n) is 12.0. The topological polar surface area (TPSA) is 55.1 Å². The van der Waals surface area contributed by atoms with Gasteiger partial charge >= 0.3 is 0 Å². The van der Waals surface area contributed by atoms with Crippen LogP contribution in [0.2, 0.25) is 10.0 Å². The molecule has 21 heavy (non-hydrogen) atoms.